The number of para-hydroxylation sites is 2. The van der Waals surface area contributed by atoms with Crippen LogP contribution in [0.15, 0.2) is 48.5 Å². The van der Waals surface area contributed by atoms with Gasteiger partial charge in [-0.3, -0.25) is 9.59 Å². The summed E-state index contributed by atoms with van der Waals surface area (Å²) in [5.74, 6) is 0.325. The fourth-order valence-corrected chi connectivity index (χ4v) is 3.70. The fourth-order valence-electron chi connectivity index (χ4n) is 3.51. The number of anilines is 2. The normalized spacial score (nSPS) is 18.6. The van der Waals surface area contributed by atoms with E-state index >= 15 is 0 Å². The minimum Gasteiger partial charge on any atom is -0.477 e. The minimum absolute atomic E-state index is 0.0805. The zero-order valence-corrected chi connectivity index (χ0v) is 16.6. The van der Waals surface area contributed by atoms with Crippen molar-refractivity contribution in [3.63, 3.8) is 0 Å². The van der Waals surface area contributed by atoms with Crippen LogP contribution in [0.1, 0.15) is 0 Å². The molecule has 0 aromatic heterocycles. The number of hydrogen-bond acceptors (Lipinski definition) is 5. The molecule has 8 heteroatoms. The van der Waals surface area contributed by atoms with E-state index < -0.39 is 6.10 Å². The van der Waals surface area contributed by atoms with Crippen molar-refractivity contribution in [2.75, 3.05) is 49.6 Å². The summed E-state index contributed by atoms with van der Waals surface area (Å²) in [5.41, 5.74) is 1.42. The molecular formula is C21H22ClN3O4. The lowest BCUT2D eigenvalue weighted by atomic mass is 10.1. The Morgan fingerprint density at radius 3 is 2.69 bits per heavy atom. The highest BCUT2D eigenvalue weighted by molar-refractivity contribution is 6.30. The first kappa shape index (κ1) is 19.5. The molecule has 0 spiro atoms. The Morgan fingerprint density at radius 1 is 1.10 bits per heavy atom. The summed E-state index contributed by atoms with van der Waals surface area (Å²) in [6.07, 6.45) is -0.665. The number of benzene rings is 2. The highest BCUT2D eigenvalue weighted by atomic mass is 35.5. The molecule has 2 aliphatic rings. The number of amides is 2. The van der Waals surface area contributed by atoms with Crippen LogP contribution in [0.25, 0.3) is 0 Å². The van der Waals surface area contributed by atoms with E-state index in [2.05, 4.69) is 5.32 Å². The van der Waals surface area contributed by atoms with Gasteiger partial charge in [-0.05, 0) is 30.3 Å². The molecule has 2 aromatic carbocycles. The van der Waals surface area contributed by atoms with Crippen molar-refractivity contribution >= 4 is 34.8 Å². The van der Waals surface area contributed by atoms with E-state index in [1.54, 1.807) is 29.2 Å². The summed E-state index contributed by atoms with van der Waals surface area (Å²) in [5, 5.41) is 3.40. The van der Waals surface area contributed by atoms with Gasteiger partial charge in [-0.1, -0.05) is 29.8 Å². The summed E-state index contributed by atoms with van der Waals surface area (Å²) in [6, 6.07) is 14.4. The van der Waals surface area contributed by atoms with E-state index in [4.69, 9.17) is 21.1 Å². The van der Waals surface area contributed by atoms with Crippen molar-refractivity contribution in [1.82, 2.24) is 4.90 Å². The molecule has 2 heterocycles. The van der Waals surface area contributed by atoms with Gasteiger partial charge in [-0.2, -0.15) is 0 Å². The topological polar surface area (TPSA) is 71.1 Å². The second-order valence-corrected chi connectivity index (χ2v) is 7.39. The van der Waals surface area contributed by atoms with Crippen LogP contribution < -0.4 is 15.0 Å². The lowest BCUT2D eigenvalue weighted by Crippen LogP contribution is -2.53. The molecule has 0 radical (unpaired) electrons. The first-order valence-electron chi connectivity index (χ1n) is 9.53. The van der Waals surface area contributed by atoms with Gasteiger partial charge in [0.15, 0.2) is 6.10 Å². The highest BCUT2D eigenvalue weighted by Gasteiger charge is 2.34. The number of ether oxygens (including phenoxy) is 2. The zero-order chi connectivity index (χ0) is 20.2. The predicted molar refractivity (Wildman–Crippen MR) is 111 cm³/mol. The first-order chi connectivity index (χ1) is 14.1. The number of morpholine rings is 1. The molecule has 1 saturated heterocycles. The Morgan fingerprint density at radius 2 is 1.90 bits per heavy atom. The molecule has 1 atom stereocenters. The lowest BCUT2D eigenvalue weighted by Gasteiger charge is -2.38. The number of nitrogens with zero attached hydrogens (tertiary/aromatic N) is 2. The van der Waals surface area contributed by atoms with Gasteiger partial charge in [0, 0.05) is 23.8 Å². The fraction of sp³-hybridized carbons (Fsp3) is 0.333. The third-order valence-electron chi connectivity index (χ3n) is 4.90. The molecule has 2 aromatic rings. The third kappa shape index (κ3) is 4.63. The third-order valence-corrected chi connectivity index (χ3v) is 5.14. The number of carbonyl (C=O) groups is 2. The molecule has 2 aliphatic heterocycles. The van der Waals surface area contributed by atoms with E-state index in [-0.39, 0.29) is 18.4 Å². The Balaban J connectivity index is 1.48. The Hall–Kier alpha value is -2.77. The average Bonchev–Trinajstić information content (AvgIpc) is 2.73. The molecule has 7 nitrogen and oxygen atoms in total. The Labute approximate surface area is 174 Å². The molecule has 2 amide bonds. The number of carbonyl (C=O) groups excluding carboxylic acids is 2. The molecule has 152 valence electrons. The summed E-state index contributed by atoms with van der Waals surface area (Å²) in [6.45, 7) is 2.56. The number of halogens is 1. The Kier molecular flexibility index (Phi) is 5.87. The molecule has 1 fully saturated rings. The van der Waals surface area contributed by atoms with Crippen LogP contribution in [0.2, 0.25) is 5.02 Å². The van der Waals surface area contributed by atoms with E-state index in [1.165, 1.54) is 0 Å². The van der Waals surface area contributed by atoms with E-state index in [1.807, 2.05) is 29.2 Å². The van der Waals surface area contributed by atoms with Gasteiger partial charge in [0.05, 0.1) is 32.0 Å². The van der Waals surface area contributed by atoms with Crippen molar-refractivity contribution in [3.8, 4) is 5.75 Å². The largest absolute Gasteiger partial charge is 0.477 e. The first-order valence-corrected chi connectivity index (χ1v) is 9.90. The van der Waals surface area contributed by atoms with Gasteiger partial charge in [-0.15, -0.1) is 0 Å². The van der Waals surface area contributed by atoms with Crippen molar-refractivity contribution < 1.29 is 19.1 Å². The van der Waals surface area contributed by atoms with Crippen LogP contribution >= 0.6 is 11.6 Å². The molecule has 0 aliphatic carbocycles. The summed E-state index contributed by atoms with van der Waals surface area (Å²) in [4.78, 5) is 29.2. The van der Waals surface area contributed by atoms with Gasteiger partial charge in [0.1, 0.15) is 5.75 Å². The van der Waals surface area contributed by atoms with Gasteiger partial charge in [0.25, 0.3) is 5.91 Å². The zero-order valence-electron chi connectivity index (χ0n) is 15.8. The number of nitrogens with one attached hydrogen (secondary N) is 1. The van der Waals surface area contributed by atoms with Gasteiger partial charge in [-0.25, -0.2) is 0 Å². The molecular weight excluding hydrogens is 394 g/mol. The maximum atomic E-state index is 12.9. The van der Waals surface area contributed by atoms with Crippen LogP contribution in [0.3, 0.4) is 0 Å². The monoisotopic (exact) mass is 415 g/mol. The number of rotatable bonds is 4. The predicted octanol–water partition coefficient (Wildman–Crippen LogP) is 2.40. The standard InChI is InChI=1S/C21H22ClN3O4/c22-15-4-3-5-16(12-15)23-20(26)14-25-13-19(21(27)24-8-10-28-11-9-24)29-18-7-2-1-6-17(18)25/h1-7,12,19H,8-11,13-14H2,(H,23,26)/t19-/m0/s1. The maximum absolute atomic E-state index is 12.9. The highest BCUT2D eigenvalue weighted by Crippen LogP contribution is 2.33. The molecule has 0 bridgehead atoms. The van der Waals surface area contributed by atoms with Gasteiger partial charge >= 0.3 is 0 Å². The molecule has 0 unspecified atom stereocenters. The van der Waals surface area contributed by atoms with Crippen LogP contribution in [0.5, 0.6) is 5.75 Å². The van der Waals surface area contributed by atoms with E-state index in [9.17, 15) is 9.59 Å². The van der Waals surface area contributed by atoms with Crippen LogP contribution in [-0.2, 0) is 14.3 Å². The number of fused-ring (bicyclic) bond motifs is 1. The maximum Gasteiger partial charge on any atom is 0.265 e. The summed E-state index contributed by atoms with van der Waals surface area (Å²) < 4.78 is 11.3. The van der Waals surface area contributed by atoms with Crippen LogP contribution in [0.4, 0.5) is 11.4 Å². The lowest BCUT2D eigenvalue weighted by molar-refractivity contribution is -0.142. The molecule has 4 rings (SSSR count). The van der Waals surface area contributed by atoms with Crippen LogP contribution in [-0.4, -0.2) is 62.2 Å². The van der Waals surface area contributed by atoms with Crippen molar-refractivity contribution in [1.29, 1.82) is 0 Å². The SMILES string of the molecule is O=C(CN1C[C@@H](C(=O)N2CCOCC2)Oc2ccccc21)Nc1cccc(Cl)c1. The van der Waals surface area contributed by atoms with E-state index in [0.29, 0.717) is 49.3 Å². The van der Waals surface area contributed by atoms with E-state index in [0.717, 1.165) is 5.69 Å². The second-order valence-electron chi connectivity index (χ2n) is 6.95. The van der Waals surface area contributed by atoms with Crippen molar-refractivity contribution in [2.45, 2.75) is 6.10 Å². The number of hydrogen-bond donors (Lipinski definition) is 1. The second kappa shape index (κ2) is 8.71. The molecule has 29 heavy (non-hydrogen) atoms. The van der Waals surface area contributed by atoms with Gasteiger partial charge < -0.3 is 24.6 Å². The van der Waals surface area contributed by atoms with Crippen molar-refractivity contribution in [2.24, 2.45) is 0 Å². The smallest absolute Gasteiger partial charge is 0.265 e. The molecule has 0 saturated carbocycles. The van der Waals surface area contributed by atoms with Crippen LogP contribution in [0, 0.1) is 0 Å². The Bertz CT molecular complexity index is 901. The summed E-state index contributed by atoms with van der Waals surface area (Å²) in [7, 11) is 0. The molecule has 1 N–H and O–H groups in total. The van der Waals surface area contributed by atoms with Crippen molar-refractivity contribution in [3.05, 3.63) is 53.6 Å². The average molecular weight is 416 g/mol. The summed E-state index contributed by atoms with van der Waals surface area (Å²) >= 11 is 5.99. The van der Waals surface area contributed by atoms with Gasteiger partial charge in [0.2, 0.25) is 5.91 Å². The quantitative estimate of drug-likeness (QED) is 0.830. The minimum atomic E-state index is -0.665.